The van der Waals surface area contributed by atoms with Crippen LogP contribution in [0.2, 0.25) is 0 Å². The van der Waals surface area contributed by atoms with Crippen LogP contribution in [0, 0.1) is 6.92 Å². The van der Waals surface area contributed by atoms with Gasteiger partial charge in [-0.25, -0.2) is 12.4 Å². The Labute approximate surface area is 218 Å². The van der Waals surface area contributed by atoms with E-state index in [1.807, 2.05) is 25.1 Å². The predicted octanol–water partition coefficient (Wildman–Crippen LogP) is 4.19. The molecule has 0 bridgehead atoms. The van der Waals surface area contributed by atoms with E-state index >= 15 is 0 Å². The minimum absolute atomic E-state index is 0.0383. The van der Waals surface area contributed by atoms with Crippen LogP contribution in [-0.2, 0) is 28.3 Å². The van der Waals surface area contributed by atoms with E-state index in [1.165, 1.54) is 22.9 Å². The number of pyridine rings is 2. The first-order valence-electron chi connectivity index (χ1n) is 12.0. The summed E-state index contributed by atoms with van der Waals surface area (Å²) in [7, 11) is -2.45. The Kier molecular flexibility index (Phi) is 5.53. The van der Waals surface area contributed by atoms with E-state index in [-0.39, 0.29) is 22.6 Å². The lowest BCUT2D eigenvalue weighted by Gasteiger charge is -2.27. The molecule has 1 unspecified atom stereocenters. The summed E-state index contributed by atoms with van der Waals surface area (Å²) >= 11 is 0. The average molecular weight is 526 g/mol. The first-order valence-corrected chi connectivity index (χ1v) is 13.5. The Morgan fingerprint density at radius 2 is 1.74 bits per heavy atom. The van der Waals surface area contributed by atoms with Crippen LogP contribution in [0.1, 0.15) is 22.9 Å². The molecule has 0 spiro atoms. The van der Waals surface area contributed by atoms with Crippen molar-refractivity contribution in [1.82, 2.24) is 13.5 Å². The molecule has 4 heterocycles. The molecule has 3 aromatic heterocycles. The fraction of sp³-hybridized carbons (Fsp3) is 0.138. The van der Waals surface area contributed by atoms with E-state index < -0.39 is 21.7 Å². The number of carbonyl (C=O) groups is 1. The maximum absolute atomic E-state index is 13.5. The molecule has 38 heavy (non-hydrogen) atoms. The normalized spacial score (nSPS) is 15.3. The lowest BCUT2D eigenvalue weighted by atomic mass is 9.93. The Bertz CT molecular complexity index is 1890. The third-order valence-corrected chi connectivity index (χ3v) is 8.49. The van der Waals surface area contributed by atoms with Crippen LogP contribution < -0.4 is 10.3 Å². The van der Waals surface area contributed by atoms with Gasteiger partial charge in [0.15, 0.2) is 11.9 Å². The number of ketones is 1. The van der Waals surface area contributed by atoms with E-state index in [0.29, 0.717) is 33.5 Å². The van der Waals surface area contributed by atoms with Crippen LogP contribution in [0.25, 0.3) is 22.0 Å². The number of ether oxygens (including phenoxy) is 1. The monoisotopic (exact) mass is 525 g/mol. The van der Waals surface area contributed by atoms with Crippen LogP contribution in [0.3, 0.4) is 0 Å². The second kappa shape index (κ2) is 8.81. The number of benzene rings is 2. The van der Waals surface area contributed by atoms with Crippen molar-refractivity contribution in [3.63, 3.8) is 0 Å². The summed E-state index contributed by atoms with van der Waals surface area (Å²) in [6.07, 6.45) is 3.99. The molecule has 0 saturated heterocycles. The van der Waals surface area contributed by atoms with Crippen LogP contribution in [0.5, 0.6) is 5.75 Å². The number of para-hydroxylation sites is 1. The second-order valence-corrected chi connectivity index (χ2v) is 11.2. The van der Waals surface area contributed by atoms with Gasteiger partial charge in [-0.3, -0.25) is 14.6 Å². The number of nitrogens with zero attached hydrogens (tertiary/aromatic N) is 3. The molecule has 6 rings (SSSR count). The van der Waals surface area contributed by atoms with Crippen molar-refractivity contribution in [2.24, 2.45) is 7.05 Å². The molecule has 0 fully saturated rings. The molecule has 5 aromatic rings. The second-order valence-electron chi connectivity index (χ2n) is 9.34. The minimum atomic E-state index is -4.03. The summed E-state index contributed by atoms with van der Waals surface area (Å²) in [6, 6.07) is 18.9. The lowest BCUT2D eigenvalue weighted by Crippen LogP contribution is -2.27. The highest BCUT2D eigenvalue weighted by Crippen LogP contribution is 2.42. The number of aromatic nitrogens is 3. The van der Waals surface area contributed by atoms with Gasteiger partial charge in [0.1, 0.15) is 11.3 Å². The molecular weight excluding hydrogens is 502 g/mol. The Morgan fingerprint density at radius 3 is 2.47 bits per heavy atom. The predicted molar refractivity (Wildman–Crippen MR) is 143 cm³/mol. The first kappa shape index (κ1) is 23.9. The fourth-order valence-electron chi connectivity index (χ4n) is 4.86. The van der Waals surface area contributed by atoms with Crippen LogP contribution >= 0.6 is 0 Å². The summed E-state index contributed by atoms with van der Waals surface area (Å²) in [5.74, 6) is 0.408. The molecule has 190 valence electrons. The van der Waals surface area contributed by atoms with Crippen LogP contribution in [0.4, 0.5) is 0 Å². The number of hydrogen-bond acceptors (Lipinski definition) is 6. The molecule has 0 saturated carbocycles. The van der Waals surface area contributed by atoms with Crippen LogP contribution in [-0.4, -0.2) is 27.7 Å². The third kappa shape index (κ3) is 3.74. The van der Waals surface area contributed by atoms with Crippen molar-refractivity contribution >= 4 is 26.7 Å². The number of carbonyl (C=O) groups excluding carboxylic acids is 1. The molecule has 1 atom stereocenters. The van der Waals surface area contributed by atoms with Crippen LogP contribution in [0.15, 0.2) is 95.0 Å². The van der Waals surface area contributed by atoms with Gasteiger partial charge < -0.3 is 9.30 Å². The quantitative estimate of drug-likeness (QED) is 0.349. The lowest BCUT2D eigenvalue weighted by molar-refractivity contribution is -0.126. The highest BCUT2D eigenvalue weighted by Gasteiger charge is 2.32. The molecule has 0 aliphatic carbocycles. The summed E-state index contributed by atoms with van der Waals surface area (Å²) in [4.78, 5) is 30.6. The Hall–Kier alpha value is -4.50. The van der Waals surface area contributed by atoms with Crippen molar-refractivity contribution < 1.29 is 17.9 Å². The number of rotatable bonds is 4. The van der Waals surface area contributed by atoms with Gasteiger partial charge in [0.25, 0.3) is 15.6 Å². The first-order chi connectivity index (χ1) is 18.3. The molecule has 0 amide bonds. The van der Waals surface area contributed by atoms with Gasteiger partial charge in [0.05, 0.1) is 10.6 Å². The maximum atomic E-state index is 13.5. The minimum Gasteiger partial charge on any atom is -0.475 e. The van der Waals surface area contributed by atoms with E-state index in [4.69, 9.17) is 4.74 Å². The molecular formula is C29H23N3O5S. The Balaban J connectivity index is 1.55. The highest BCUT2D eigenvalue weighted by molar-refractivity contribution is 7.90. The summed E-state index contributed by atoms with van der Waals surface area (Å²) in [5.41, 5.74) is 3.02. The number of Topliss-reactive ketones (excluding diaryl/α,β-unsaturated/α-hetero) is 1. The molecule has 9 heteroatoms. The topological polar surface area (TPSA) is 100 Å². The van der Waals surface area contributed by atoms with Crippen molar-refractivity contribution in [1.29, 1.82) is 0 Å². The number of hydrogen-bond donors (Lipinski definition) is 0. The number of fused-ring (bicyclic) bond motifs is 2. The van der Waals surface area contributed by atoms with E-state index in [1.54, 1.807) is 55.8 Å². The van der Waals surface area contributed by atoms with Gasteiger partial charge >= 0.3 is 0 Å². The molecule has 0 radical (unpaired) electrons. The van der Waals surface area contributed by atoms with Crippen molar-refractivity contribution in [2.75, 3.05) is 0 Å². The van der Waals surface area contributed by atoms with Gasteiger partial charge in [-0.1, -0.05) is 42.0 Å². The van der Waals surface area contributed by atoms with Gasteiger partial charge in [0.2, 0.25) is 0 Å². The maximum Gasteiger partial charge on any atom is 0.275 e. The van der Waals surface area contributed by atoms with Gasteiger partial charge in [-0.05, 0) is 37.3 Å². The van der Waals surface area contributed by atoms with E-state index in [2.05, 4.69) is 4.98 Å². The van der Waals surface area contributed by atoms with Crippen molar-refractivity contribution in [3.8, 4) is 16.9 Å². The third-order valence-electron chi connectivity index (χ3n) is 6.80. The van der Waals surface area contributed by atoms with Crippen molar-refractivity contribution in [2.45, 2.75) is 24.3 Å². The summed E-state index contributed by atoms with van der Waals surface area (Å²) < 4.78 is 35.8. The smallest absolute Gasteiger partial charge is 0.275 e. The van der Waals surface area contributed by atoms with Crippen molar-refractivity contribution in [3.05, 3.63) is 112 Å². The van der Waals surface area contributed by atoms with E-state index in [0.717, 1.165) is 9.54 Å². The van der Waals surface area contributed by atoms with Gasteiger partial charge in [-0.2, -0.15) is 0 Å². The zero-order valence-corrected chi connectivity index (χ0v) is 21.5. The van der Waals surface area contributed by atoms with Gasteiger partial charge in [-0.15, -0.1) is 0 Å². The Morgan fingerprint density at radius 1 is 0.947 bits per heavy atom. The molecule has 1 aliphatic rings. The molecule has 8 nitrogen and oxygen atoms in total. The average Bonchev–Trinajstić information content (AvgIpc) is 3.37. The van der Waals surface area contributed by atoms with E-state index in [9.17, 15) is 18.0 Å². The summed E-state index contributed by atoms with van der Waals surface area (Å²) in [6.45, 7) is 1.87. The fourth-order valence-corrected chi connectivity index (χ4v) is 6.21. The molecule has 0 N–H and O–H groups in total. The van der Waals surface area contributed by atoms with Gasteiger partial charge in [0, 0.05) is 54.1 Å². The SMILES string of the molecule is Cc1ccc(S(=O)(=O)n2ccc3c(-c4cccc5c4OC(c4ccccn4)C(=O)C5)cn(C)c(=O)c32)cc1. The largest absolute Gasteiger partial charge is 0.475 e. The zero-order valence-electron chi connectivity index (χ0n) is 20.7. The molecule has 2 aromatic carbocycles. The number of aryl methyl sites for hydroxylation is 2. The highest BCUT2D eigenvalue weighted by atomic mass is 32.2. The summed E-state index contributed by atoms with van der Waals surface area (Å²) in [5, 5.41) is 0.465. The standard InChI is InChI=1S/C29H23N3O5S/c1-18-9-11-20(12-10-18)38(35,36)32-15-13-21-23(17-31(2)29(34)26(21)32)22-7-5-6-19-16-25(33)28(37-27(19)22)24-8-3-4-14-30-24/h3-15,17,28H,16H2,1-2H3. The zero-order chi connectivity index (χ0) is 26.6. The molecule has 1 aliphatic heterocycles.